The summed E-state index contributed by atoms with van der Waals surface area (Å²) in [6.07, 6.45) is 0. The number of hydrogen-bond donors (Lipinski definition) is 0. The van der Waals surface area contributed by atoms with Crippen molar-refractivity contribution in [2.75, 3.05) is 0 Å². The molecule has 9 heavy (non-hydrogen) atoms. The predicted octanol–water partition coefficient (Wildman–Crippen LogP) is 3.01. The second-order valence-corrected chi connectivity index (χ2v) is 0. The molecule has 0 spiro atoms. The minimum Gasteiger partial charge on any atom is -0.521 e. The quantitative estimate of drug-likeness (QED) is 0.430. The molecule has 0 amide bonds. The van der Waals surface area contributed by atoms with E-state index in [1.807, 2.05) is 0 Å². The summed E-state index contributed by atoms with van der Waals surface area (Å²) < 4.78 is 0. The summed E-state index contributed by atoms with van der Waals surface area (Å²) in [5.41, 5.74) is 0. The minimum atomic E-state index is 0. The smallest absolute Gasteiger partial charge is 0.521 e. The van der Waals surface area contributed by atoms with Crippen LogP contribution < -0.4 is 0 Å². The summed E-state index contributed by atoms with van der Waals surface area (Å²) in [5.74, 6) is 0. The zero-order chi connectivity index (χ0) is 4.00. The van der Waals surface area contributed by atoms with Gasteiger partial charge >= 0.3 is 19.5 Å². The second-order valence-electron chi connectivity index (χ2n) is 0. The molecule has 0 aliphatic carbocycles. The van der Waals surface area contributed by atoms with Gasteiger partial charge in [-0.25, -0.2) is 0 Å². The maximum atomic E-state index is 4.25. The van der Waals surface area contributed by atoms with Gasteiger partial charge in [0.05, 0.1) is 0 Å². The average molecular weight is 215 g/mol. The van der Waals surface area contributed by atoms with Gasteiger partial charge in [-0.05, 0) is 0 Å². The summed E-state index contributed by atoms with van der Waals surface area (Å²) in [4.78, 5) is 0. The van der Waals surface area contributed by atoms with E-state index >= 15 is 0 Å². The van der Waals surface area contributed by atoms with Crippen LogP contribution in [0.25, 0.3) is 0 Å². The van der Waals surface area contributed by atoms with Crippen molar-refractivity contribution < 1.29 is 19.5 Å². The Morgan fingerprint density at radius 1 is 0.556 bits per heavy atom. The molecule has 0 N–H and O–H groups in total. The first-order chi connectivity index (χ1) is 2.00. The van der Waals surface area contributed by atoms with Crippen LogP contribution in [0.2, 0.25) is 0 Å². The Labute approximate surface area is 75.8 Å². The minimum absolute atomic E-state index is 0. The van der Waals surface area contributed by atoms with E-state index in [0.29, 0.717) is 0 Å². The molecule has 0 unspecified atom stereocenters. The number of rotatable bonds is 0. The van der Waals surface area contributed by atoms with Crippen LogP contribution in [0.3, 0.4) is 0 Å². The zero-order valence-corrected chi connectivity index (χ0v) is 8.66. The molecule has 0 saturated heterocycles. The normalized spacial score (nSPS) is 0.889. The maximum Gasteiger partial charge on any atom is 6.00 e. The summed E-state index contributed by atoms with van der Waals surface area (Å²) in [7, 11) is 0. The molecule has 0 nitrogen and oxygen atoms in total. The van der Waals surface area contributed by atoms with Gasteiger partial charge in [0, 0.05) is 0 Å². The fourth-order valence-electron chi connectivity index (χ4n) is 0. The molecule has 0 rings (SSSR count). The fourth-order valence-corrected chi connectivity index (χ4v) is 0. The standard InChI is InChI=1S/2C2H3.4CH3.Ru/c2*1-2;;;;;/h2*1H,2H2;4*1H3;/q6*-1;+6. The van der Waals surface area contributed by atoms with E-state index in [1.54, 1.807) is 0 Å². The van der Waals surface area contributed by atoms with Crippen molar-refractivity contribution >= 4 is 0 Å². The molecule has 0 heterocycles. The van der Waals surface area contributed by atoms with Crippen LogP contribution in [0.1, 0.15) is 0 Å². The van der Waals surface area contributed by atoms with Gasteiger partial charge in [-0.1, -0.05) is 0 Å². The Bertz CT molecular complexity index is 6.53. The van der Waals surface area contributed by atoms with Gasteiger partial charge in [0.1, 0.15) is 0 Å². The molecule has 0 aromatic rings. The molecule has 0 bridgehead atoms. The predicted molar refractivity (Wildman–Crippen MR) is 45.5 cm³/mol. The maximum absolute atomic E-state index is 4.25. The average Bonchev–Trinajstić information content (AvgIpc) is 1.50. The molecule has 0 aliphatic rings. The van der Waals surface area contributed by atoms with Crippen LogP contribution in [0.5, 0.6) is 0 Å². The van der Waals surface area contributed by atoms with Crippen molar-refractivity contribution in [3.05, 3.63) is 56.0 Å². The Kier molecular flexibility index (Phi) is 574000. The van der Waals surface area contributed by atoms with Gasteiger partial charge < -0.3 is 42.9 Å². The van der Waals surface area contributed by atoms with Crippen molar-refractivity contribution in [1.29, 1.82) is 0 Å². The Morgan fingerprint density at radius 3 is 0.556 bits per heavy atom. The number of hydrogen-bond acceptors (Lipinski definition) is 0. The van der Waals surface area contributed by atoms with Crippen molar-refractivity contribution in [2.45, 2.75) is 0 Å². The fraction of sp³-hybridized carbons (Fsp3) is 0. The molecule has 1 heteroatoms. The van der Waals surface area contributed by atoms with E-state index in [0.717, 1.165) is 0 Å². The summed E-state index contributed by atoms with van der Waals surface area (Å²) in [6, 6.07) is 0. The van der Waals surface area contributed by atoms with Gasteiger partial charge in [-0.2, -0.15) is 0 Å². The van der Waals surface area contributed by atoms with Crippen molar-refractivity contribution in [1.82, 2.24) is 0 Å². The molecule has 0 aliphatic heterocycles. The van der Waals surface area contributed by atoms with Gasteiger partial charge in [0.15, 0.2) is 0 Å². The van der Waals surface area contributed by atoms with Crippen molar-refractivity contribution in [3.63, 3.8) is 0 Å². The van der Waals surface area contributed by atoms with E-state index in [9.17, 15) is 0 Å². The summed E-state index contributed by atoms with van der Waals surface area (Å²) in [6.45, 7) is 14.0. The van der Waals surface area contributed by atoms with E-state index < -0.39 is 0 Å². The third-order valence-corrected chi connectivity index (χ3v) is 0. The molecule has 0 aromatic heterocycles. The first kappa shape index (κ1) is 135. The van der Waals surface area contributed by atoms with Crippen LogP contribution >= 0.6 is 0 Å². The van der Waals surface area contributed by atoms with Crippen LogP contribution in [-0.2, 0) is 19.5 Å². The first-order valence-electron chi connectivity index (χ1n) is 0.816. The van der Waals surface area contributed by atoms with E-state index in [2.05, 4.69) is 26.3 Å². The van der Waals surface area contributed by atoms with Crippen molar-refractivity contribution in [2.24, 2.45) is 0 Å². The Hall–Kier alpha value is 0.103. The van der Waals surface area contributed by atoms with E-state index in [-0.39, 0.29) is 49.2 Å². The molecule has 0 saturated carbocycles. The Morgan fingerprint density at radius 2 is 0.556 bits per heavy atom. The largest absolute Gasteiger partial charge is 6.00 e. The van der Waals surface area contributed by atoms with Gasteiger partial charge in [0.25, 0.3) is 0 Å². The first-order valence-corrected chi connectivity index (χ1v) is 0.816. The van der Waals surface area contributed by atoms with Crippen LogP contribution in [-0.4, -0.2) is 0 Å². The molecule has 0 aromatic carbocycles. The van der Waals surface area contributed by atoms with E-state index in [1.165, 1.54) is 0 Å². The zero-order valence-electron chi connectivity index (χ0n) is 6.92. The molecular weight excluding hydrogens is 197 g/mol. The SMILES string of the molecule is [CH-]=C.[CH-]=C.[CH3-].[CH3-].[CH3-].[CH3-].[Ru+6]. The molecular formula is C8H18Ru. The monoisotopic (exact) mass is 216 g/mol. The molecule has 0 radical (unpaired) electrons. The van der Waals surface area contributed by atoms with E-state index in [4.69, 9.17) is 0 Å². The topological polar surface area (TPSA) is 0 Å². The third kappa shape index (κ3) is 28200. The van der Waals surface area contributed by atoms with Crippen LogP contribution in [0.4, 0.5) is 0 Å². The van der Waals surface area contributed by atoms with Gasteiger partial charge in [-0.3, -0.25) is 13.2 Å². The molecule has 58 valence electrons. The molecule has 0 fully saturated rings. The summed E-state index contributed by atoms with van der Waals surface area (Å²) in [5, 5.41) is 0. The molecule has 0 atom stereocenters. The van der Waals surface area contributed by atoms with Gasteiger partial charge in [0.2, 0.25) is 0 Å². The second kappa shape index (κ2) is 38300. The summed E-state index contributed by atoms with van der Waals surface area (Å²) >= 11 is 0. The van der Waals surface area contributed by atoms with Crippen molar-refractivity contribution in [3.8, 4) is 0 Å². The Balaban J connectivity index is -0.00000000114. The van der Waals surface area contributed by atoms with Crippen LogP contribution in [0.15, 0.2) is 13.2 Å². The third-order valence-electron chi connectivity index (χ3n) is 0. The van der Waals surface area contributed by atoms with Gasteiger partial charge in [-0.15, -0.1) is 0 Å². The van der Waals surface area contributed by atoms with Crippen LogP contribution in [0, 0.1) is 42.9 Å².